The van der Waals surface area contributed by atoms with Gasteiger partial charge < -0.3 is 36.3 Å². The van der Waals surface area contributed by atoms with Gasteiger partial charge in [0.25, 0.3) is 0 Å². The van der Waals surface area contributed by atoms with Gasteiger partial charge >= 0.3 is 0 Å². The molecule has 0 aromatic heterocycles. The third-order valence-corrected chi connectivity index (χ3v) is 13.5. The van der Waals surface area contributed by atoms with Gasteiger partial charge in [-0.05, 0) is 88.3 Å². The topological polar surface area (TPSA) is 47.9 Å². The highest BCUT2D eigenvalue weighted by Gasteiger charge is 2.67. The zero-order valence-corrected chi connectivity index (χ0v) is 24.9. The molecule has 0 bridgehead atoms. The summed E-state index contributed by atoms with van der Waals surface area (Å²) in [5, 5.41) is 11.7. The fraction of sp³-hybridized carbons (Fsp3) is 0.750. The molecule has 0 amide bonds. The first-order chi connectivity index (χ1) is 13.6. The Morgan fingerprint density at radius 1 is 0.871 bits per heavy atom. The Hall–Kier alpha value is -0.133. The van der Waals surface area contributed by atoms with Gasteiger partial charge in [-0.25, -0.2) is 0 Å². The molecule has 0 spiro atoms. The number of phenolic OH excluding ortho intramolecular Hbond substituents is 1. The maximum Gasteiger partial charge on any atom is 0.166 e. The fourth-order valence-electron chi connectivity index (χ4n) is 5.65. The zero-order valence-electron chi connectivity index (χ0n) is 21.4. The SMILES string of the molecule is CCOC(OCC)[Si]COc1ccc(O)cc1[P+](C(C)(C)C)(C(C)(C)C)C(C)(C)C.[Br-]. The normalized spacial score (nSPS) is 13.3. The van der Waals surface area contributed by atoms with Crippen LogP contribution in [0.25, 0.3) is 0 Å². The Kier molecular flexibility index (Phi) is 11.8. The van der Waals surface area contributed by atoms with E-state index in [1.807, 2.05) is 26.0 Å². The highest BCUT2D eigenvalue weighted by atomic mass is 79.9. The second kappa shape index (κ2) is 11.8. The summed E-state index contributed by atoms with van der Waals surface area (Å²) < 4.78 is 17.7. The van der Waals surface area contributed by atoms with E-state index in [0.717, 1.165) is 5.75 Å². The molecule has 0 aliphatic rings. The molecule has 4 nitrogen and oxygen atoms in total. The molecule has 1 aromatic rings. The van der Waals surface area contributed by atoms with Crippen molar-refractivity contribution in [2.45, 2.75) is 97.5 Å². The van der Waals surface area contributed by atoms with E-state index < -0.39 is 7.26 Å². The van der Waals surface area contributed by atoms with Crippen LogP contribution in [-0.2, 0) is 9.47 Å². The summed E-state index contributed by atoms with van der Waals surface area (Å²) in [5.74, 6) is 0.941. The molecule has 2 radical (unpaired) electrons. The lowest BCUT2D eigenvalue weighted by atomic mass is 10.2. The standard InChI is InChI=1S/C24H43O4PSi.BrH/c1-12-26-21(27-13-2)30-17-28-19-15-14-18(25)16-20(19)29(22(3,4)5,23(6,7)8)24(9,10)11;/h14-16,21H,12-13,17H2,1-11H3;1H. The van der Waals surface area contributed by atoms with Crippen molar-refractivity contribution in [3.63, 3.8) is 0 Å². The molecule has 31 heavy (non-hydrogen) atoms. The Labute approximate surface area is 204 Å². The molecule has 0 saturated carbocycles. The van der Waals surface area contributed by atoms with Gasteiger partial charge in [-0.3, -0.25) is 0 Å². The average molecular weight is 536 g/mol. The molecule has 0 aliphatic carbocycles. The molecule has 0 unspecified atom stereocenters. The van der Waals surface area contributed by atoms with Crippen LogP contribution in [-0.4, -0.2) is 55.5 Å². The van der Waals surface area contributed by atoms with E-state index in [9.17, 15) is 5.11 Å². The van der Waals surface area contributed by atoms with Crippen molar-refractivity contribution in [2.75, 3.05) is 19.4 Å². The number of rotatable bonds is 9. The zero-order chi connectivity index (χ0) is 23.4. The number of phenols is 1. The van der Waals surface area contributed by atoms with Crippen LogP contribution < -0.4 is 27.0 Å². The van der Waals surface area contributed by atoms with E-state index >= 15 is 0 Å². The van der Waals surface area contributed by atoms with Crippen LogP contribution in [0.15, 0.2) is 18.2 Å². The van der Waals surface area contributed by atoms with Crippen LogP contribution in [0.5, 0.6) is 11.5 Å². The summed E-state index contributed by atoms with van der Waals surface area (Å²) in [5.41, 5.74) is 0. The van der Waals surface area contributed by atoms with Crippen LogP contribution >= 0.6 is 7.26 Å². The summed E-state index contributed by atoms with van der Waals surface area (Å²) in [6.45, 7) is 26.3. The maximum absolute atomic E-state index is 10.5. The largest absolute Gasteiger partial charge is 1.00 e. The minimum absolute atomic E-state index is 0. The lowest BCUT2D eigenvalue weighted by molar-refractivity contribution is -0.0835. The first-order valence-corrected chi connectivity index (χ1v) is 14.0. The summed E-state index contributed by atoms with van der Waals surface area (Å²) >= 11 is 0. The molecule has 1 rings (SSSR count). The number of hydrogen-bond acceptors (Lipinski definition) is 4. The smallest absolute Gasteiger partial charge is 0.166 e. The van der Waals surface area contributed by atoms with Crippen molar-refractivity contribution >= 4 is 22.1 Å². The van der Waals surface area contributed by atoms with Gasteiger partial charge in [-0.2, -0.15) is 0 Å². The van der Waals surface area contributed by atoms with E-state index in [1.165, 1.54) is 5.30 Å². The molecule has 0 fully saturated rings. The van der Waals surface area contributed by atoms with Crippen molar-refractivity contribution in [3.8, 4) is 11.5 Å². The second-order valence-electron chi connectivity index (χ2n) is 10.6. The van der Waals surface area contributed by atoms with Gasteiger partial charge in [-0.15, -0.1) is 0 Å². The Bertz CT molecular complexity index is 636. The van der Waals surface area contributed by atoms with E-state index in [4.69, 9.17) is 14.2 Å². The van der Waals surface area contributed by atoms with Crippen LogP contribution in [0.3, 0.4) is 0 Å². The van der Waals surface area contributed by atoms with Crippen LogP contribution in [0.1, 0.15) is 76.2 Å². The van der Waals surface area contributed by atoms with Gasteiger partial charge in [0.2, 0.25) is 0 Å². The number of hydrogen-bond donors (Lipinski definition) is 1. The molecule has 0 heterocycles. The Morgan fingerprint density at radius 3 is 1.71 bits per heavy atom. The van der Waals surface area contributed by atoms with Gasteiger partial charge in [0.15, 0.2) is 15.3 Å². The third kappa shape index (κ3) is 6.93. The number of ether oxygens (including phenoxy) is 3. The van der Waals surface area contributed by atoms with E-state index in [1.54, 1.807) is 6.07 Å². The number of halogens is 1. The van der Waals surface area contributed by atoms with E-state index in [2.05, 4.69) is 62.3 Å². The Morgan fingerprint density at radius 2 is 1.32 bits per heavy atom. The van der Waals surface area contributed by atoms with Crippen LogP contribution in [0, 0.1) is 0 Å². The Balaban J connectivity index is 0.00000900. The first-order valence-electron chi connectivity index (χ1n) is 11.0. The second-order valence-corrected chi connectivity index (χ2v) is 17.6. The average Bonchev–Trinajstić information content (AvgIpc) is 2.53. The molecule has 0 atom stereocenters. The fourth-order valence-corrected chi connectivity index (χ4v) is 15.6. The van der Waals surface area contributed by atoms with Crippen molar-refractivity contribution in [1.29, 1.82) is 0 Å². The summed E-state index contributed by atoms with van der Waals surface area (Å²) in [4.78, 5) is 0. The maximum atomic E-state index is 10.5. The number of aromatic hydroxyl groups is 1. The molecular formula is C24H44BrO4PSi. The summed E-state index contributed by atoms with van der Waals surface area (Å²) in [6.07, 6.45) is 0.529. The first kappa shape index (κ1) is 30.9. The molecular weight excluding hydrogens is 491 g/mol. The molecule has 180 valence electrons. The highest BCUT2D eigenvalue weighted by molar-refractivity contribution is 7.87. The third-order valence-electron chi connectivity index (χ3n) is 5.44. The van der Waals surface area contributed by atoms with Gasteiger partial charge in [0, 0.05) is 19.3 Å². The predicted molar refractivity (Wildman–Crippen MR) is 132 cm³/mol. The number of benzene rings is 1. The van der Waals surface area contributed by atoms with Crippen molar-refractivity contribution in [3.05, 3.63) is 18.2 Å². The molecule has 1 aromatic carbocycles. The lowest BCUT2D eigenvalue weighted by Crippen LogP contribution is -3.00. The van der Waals surface area contributed by atoms with E-state index in [0.29, 0.717) is 34.7 Å². The molecule has 7 heteroatoms. The van der Waals surface area contributed by atoms with Gasteiger partial charge in [-0.1, -0.05) is 0 Å². The van der Waals surface area contributed by atoms with Crippen LogP contribution in [0.4, 0.5) is 0 Å². The molecule has 0 saturated heterocycles. The quantitative estimate of drug-likeness (QED) is 0.300. The van der Waals surface area contributed by atoms with Crippen molar-refractivity contribution < 1.29 is 36.3 Å². The summed E-state index contributed by atoms with van der Waals surface area (Å²) in [6, 6.07) is 5.62. The lowest BCUT2D eigenvalue weighted by Gasteiger charge is -2.54. The molecule has 1 N–H and O–H groups in total. The van der Waals surface area contributed by atoms with E-state index in [-0.39, 0.29) is 38.4 Å². The molecule has 0 aliphatic heterocycles. The predicted octanol–water partition coefficient (Wildman–Crippen LogP) is 2.83. The van der Waals surface area contributed by atoms with Crippen LogP contribution in [0.2, 0.25) is 0 Å². The summed E-state index contributed by atoms with van der Waals surface area (Å²) in [7, 11) is -1.52. The highest BCUT2D eigenvalue weighted by Crippen LogP contribution is 2.83. The van der Waals surface area contributed by atoms with Gasteiger partial charge in [0.05, 0.1) is 29.0 Å². The van der Waals surface area contributed by atoms with Crippen molar-refractivity contribution in [2.24, 2.45) is 0 Å². The van der Waals surface area contributed by atoms with Gasteiger partial charge in [0.1, 0.15) is 17.0 Å². The van der Waals surface area contributed by atoms with Crippen molar-refractivity contribution in [1.82, 2.24) is 0 Å². The monoisotopic (exact) mass is 534 g/mol. The minimum Gasteiger partial charge on any atom is -1.00 e. The minimum atomic E-state index is -1.90.